The van der Waals surface area contributed by atoms with Crippen LogP contribution in [0.5, 0.6) is 0 Å². The van der Waals surface area contributed by atoms with Crippen LogP contribution in [0.25, 0.3) is 0 Å². The highest BCUT2D eigenvalue weighted by Crippen LogP contribution is 2.19. The first kappa shape index (κ1) is 9.16. The quantitative estimate of drug-likeness (QED) is 0.790. The highest BCUT2D eigenvalue weighted by Gasteiger charge is 2.15. The van der Waals surface area contributed by atoms with E-state index in [0.717, 1.165) is 16.7 Å². The lowest BCUT2D eigenvalue weighted by molar-refractivity contribution is 0.170. The summed E-state index contributed by atoms with van der Waals surface area (Å²) in [6, 6.07) is 4.11. The van der Waals surface area contributed by atoms with Gasteiger partial charge in [-0.05, 0) is 54.5 Å². The molecule has 0 aromatic carbocycles. The summed E-state index contributed by atoms with van der Waals surface area (Å²) >= 11 is 3.52. The second kappa shape index (κ2) is 3.76. The van der Waals surface area contributed by atoms with E-state index in [1.54, 1.807) is 0 Å². The lowest BCUT2D eigenvalue weighted by Crippen LogP contribution is -2.36. The Bertz CT molecular complexity index is 308. The molecule has 1 aliphatic heterocycles. The predicted molar refractivity (Wildman–Crippen MR) is 56.6 cm³/mol. The van der Waals surface area contributed by atoms with Crippen molar-refractivity contribution in [2.24, 2.45) is 0 Å². The second-order valence-electron chi connectivity index (χ2n) is 3.51. The highest BCUT2D eigenvalue weighted by atomic mass is 79.9. The van der Waals surface area contributed by atoms with Gasteiger partial charge in [-0.3, -0.25) is 9.88 Å². The van der Waals surface area contributed by atoms with Crippen LogP contribution in [-0.2, 0) is 6.54 Å². The minimum Gasteiger partial charge on any atom is -0.297 e. The number of aromatic nitrogens is 1. The fourth-order valence-electron chi connectivity index (χ4n) is 1.46. The molecule has 1 aromatic heterocycles. The monoisotopic (exact) mass is 240 g/mol. The summed E-state index contributed by atoms with van der Waals surface area (Å²) in [5.74, 6) is 0. The molecule has 2 nitrogen and oxygen atoms in total. The lowest BCUT2D eigenvalue weighted by atomic mass is 10.2. The maximum atomic E-state index is 4.51. The zero-order chi connectivity index (χ0) is 9.26. The van der Waals surface area contributed by atoms with Gasteiger partial charge in [-0.15, -0.1) is 0 Å². The summed E-state index contributed by atoms with van der Waals surface area (Å²) in [7, 11) is 0. The van der Waals surface area contributed by atoms with Gasteiger partial charge in [-0.2, -0.15) is 0 Å². The third-order valence-corrected chi connectivity index (χ3v) is 3.10. The number of rotatable bonds is 2. The second-order valence-corrected chi connectivity index (χ2v) is 4.37. The summed E-state index contributed by atoms with van der Waals surface area (Å²) in [6.07, 6.45) is 1.34. The van der Waals surface area contributed by atoms with Gasteiger partial charge < -0.3 is 0 Å². The van der Waals surface area contributed by atoms with Crippen molar-refractivity contribution in [3.63, 3.8) is 0 Å². The minimum absolute atomic E-state index is 0.988. The minimum atomic E-state index is 0.988. The normalized spacial score (nSPS) is 17.1. The molecule has 0 atom stereocenters. The van der Waals surface area contributed by atoms with E-state index in [2.05, 4.69) is 31.9 Å². The lowest BCUT2D eigenvalue weighted by Gasteiger charge is -2.30. The highest BCUT2D eigenvalue weighted by molar-refractivity contribution is 9.10. The Kier molecular flexibility index (Phi) is 2.65. The van der Waals surface area contributed by atoms with Crippen molar-refractivity contribution in [3.05, 3.63) is 28.0 Å². The number of pyridine rings is 1. The molecule has 0 spiro atoms. The Hall–Kier alpha value is -0.410. The maximum absolute atomic E-state index is 4.51. The molecule has 70 valence electrons. The van der Waals surface area contributed by atoms with Gasteiger partial charge in [0.25, 0.3) is 0 Å². The van der Waals surface area contributed by atoms with Gasteiger partial charge in [0.1, 0.15) is 0 Å². The number of nitrogens with zero attached hydrogens (tertiary/aromatic N) is 2. The molecule has 0 saturated carbocycles. The molecule has 0 radical (unpaired) electrons. The molecule has 1 fully saturated rings. The van der Waals surface area contributed by atoms with E-state index in [1.165, 1.54) is 25.2 Å². The summed E-state index contributed by atoms with van der Waals surface area (Å²) in [6.45, 7) is 5.47. The van der Waals surface area contributed by atoms with Crippen LogP contribution in [0, 0.1) is 6.92 Å². The van der Waals surface area contributed by atoms with Crippen LogP contribution in [0.4, 0.5) is 0 Å². The molecular formula is C10H13BrN2. The van der Waals surface area contributed by atoms with Crippen molar-refractivity contribution in [2.75, 3.05) is 13.1 Å². The SMILES string of the molecule is Cc1ccc(Br)c(CN2CCC2)n1. The van der Waals surface area contributed by atoms with E-state index in [9.17, 15) is 0 Å². The molecule has 0 amide bonds. The first-order valence-electron chi connectivity index (χ1n) is 4.60. The van der Waals surface area contributed by atoms with Crippen molar-refractivity contribution >= 4 is 15.9 Å². The molecule has 1 aromatic rings. The van der Waals surface area contributed by atoms with Crippen LogP contribution in [-0.4, -0.2) is 23.0 Å². The number of hydrogen-bond acceptors (Lipinski definition) is 2. The Morgan fingerprint density at radius 3 is 2.85 bits per heavy atom. The first-order valence-corrected chi connectivity index (χ1v) is 5.39. The van der Waals surface area contributed by atoms with Gasteiger partial charge >= 0.3 is 0 Å². The van der Waals surface area contributed by atoms with Gasteiger partial charge in [-0.1, -0.05) is 0 Å². The van der Waals surface area contributed by atoms with Crippen LogP contribution in [0.2, 0.25) is 0 Å². The van der Waals surface area contributed by atoms with Crippen molar-refractivity contribution < 1.29 is 0 Å². The van der Waals surface area contributed by atoms with E-state index >= 15 is 0 Å². The summed E-state index contributed by atoms with van der Waals surface area (Å²) < 4.78 is 1.13. The molecule has 3 heteroatoms. The van der Waals surface area contributed by atoms with Crippen molar-refractivity contribution in [1.82, 2.24) is 9.88 Å². The molecule has 1 saturated heterocycles. The average molecular weight is 241 g/mol. The number of hydrogen-bond donors (Lipinski definition) is 0. The van der Waals surface area contributed by atoms with Crippen molar-refractivity contribution in [3.8, 4) is 0 Å². The summed E-state index contributed by atoms with van der Waals surface area (Å²) in [4.78, 5) is 6.92. The Morgan fingerprint density at radius 1 is 1.46 bits per heavy atom. The molecule has 0 unspecified atom stereocenters. The molecule has 2 heterocycles. The fraction of sp³-hybridized carbons (Fsp3) is 0.500. The zero-order valence-electron chi connectivity index (χ0n) is 7.76. The Labute approximate surface area is 87.1 Å². The smallest absolute Gasteiger partial charge is 0.0688 e. The molecule has 13 heavy (non-hydrogen) atoms. The van der Waals surface area contributed by atoms with Gasteiger partial charge in [0.15, 0.2) is 0 Å². The molecular weight excluding hydrogens is 228 g/mol. The number of halogens is 1. The third kappa shape index (κ3) is 2.09. The topological polar surface area (TPSA) is 16.1 Å². The van der Waals surface area contributed by atoms with Gasteiger partial charge in [-0.25, -0.2) is 0 Å². The van der Waals surface area contributed by atoms with E-state index in [1.807, 2.05) is 13.0 Å². The number of aryl methyl sites for hydroxylation is 1. The van der Waals surface area contributed by atoms with E-state index in [-0.39, 0.29) is 0 Å². The molecule has 2 rings (SSSR count). The largest absolute Gasteiger partial charge is 0.297 e. The van der Waals surface area contributed by atoms with Crippen LogP contribution < -0.4 is 0 Å². The van der Waals surface area contributed by atoms with Crippen LogP contribution >= 0.6 is 15.9 Å². The standard InChI is InChI=1S/C10H13BrN2/c1-8-3-4-9(11)10(12-8)7-13-5-2-6-13/h3-4H,2,5-7H2,1H3. The summed E-state index contributed by atoms with van der Waals surface area (Å²) in [5.41, 5.74) is 2.26. The molecule has 1 aliphatic rings. The van der Waals surface area contributed by atoms with Crippen LogP contribution in [0.1, 0.15) is 17.8 Å². The average Bonchev–Trinajstić information content (AvgIpc) is 2.03. The fourth-order valence-corrected chi connectivity index (χ4v) is 1.80. The van der Waals surface area contributed by atoms with Gasteiger partial charge in [0, 0.05) is 16.7 Å². The van der Waals surface area contributed by atoms with Gasteiger partial charge in [0.05, 0.1) is 5.69 Å². The van der Waals surface area contributed by atoms with Crippen molar-refractivity contribution in [1.29, 1.82) is 0 Å². The molecule has 0 bridgehead atoms. The Balaban J connectivity index is 2.13. The van der Waals surface area contributed by atoms with Gasteiger partial charge in [0.2, 0.25) is 0 Å². The predicted octanol–water partition coefficient (Wildman–Crippen LogP) is 2.36. The van der Waals surface area contributed by atoms with E-state index in [4.69, 9.17) is 0 Å². The van der Waals surface area contributed by atoms with E-state index in [0.29, 0.717) is 0 Å². The molecule has 0 aliphatic carbocycles. The van der Waals surface area contributed by atoms with Crippen molar-refractivity contribution in [2.45, 2.75) is 19.9 Å². The van der Waals surface area contributed by atoms with E-state index < -0.39 is 0 Å². The summed E-state index contributed by atoms with van der Waals surface area (Å²) in [5, 5.41) is 0. The van der Waals surface area contributed by atoms with Crippen LogP contribution in [0.15, 0.2) is 16.6 Å². The third-order valence-electron chi connectivity index (χ3n) is 2.38. The number of likely N-dealkylation sites (tertiary alicyclic amines) is 1. The zero-order valence-corrected chi connectivity index (χ0v) is 9.34. The Morgan fingerprint density at radius 2 is 2.23 bits per heavy atom. The maximum Gasteiger partial charge on any atom is 0.0688 e. The van der Waals surface area contributed by atoms with Crippen LogP contribution in [0.3, 0.4) is 0 Å². The molecule has 0 N–H and O–H groups in total. The first-order chi connectivity index (χ1) is 6.25.